The standard InChI is InChI=1S/C19H17Cl2N3O2/c20-14-10-15(21)12-16(11-14)22-18(25)6-7-19(26)24-9-8-17(23-24)13-4-2-1-3-5-13/h1-5,10-12H,6-9H2,(H,22,25). The van der Waals surface area contributed by atoms with Gasteiger partial charge in [-0.15, -0.1) is 0 Å². The lowest BCUT2D eigenvalue weighted by Gasteiger charge is -2.11. The maximum Gasteiger partial charge on any atom is 0.243 e. The summed E-state index contributed by atoms with van der Waals surface area (Å²) in [7, 11) is 0. The van der Waals surface area contributed by atoms with Crippen LogP contribution in [0.1, 0.15) is 24.8 Å². The molecule has 0 aliphatic carbocycles. The van der Waals surface area contributed by atoms with Crippen LogP contribution in [0.15, 0.2) is 53.6 Å². The molecule has 1 N–H and O–H groups in total. The summed E-state index contributed by atoms with van der Waals surface area (Å²) in [6.07, 6.45) is 0.865. The second-order valence-electron chi connectivity index (χ2n) is 5.89. The summed E-state index contributed by atoms with van der Waals surface area (Å²) in [5, 5.41) is 9.37. The van der Waals surface area contributed by atoms with Crippen molar-refractivity contribution in [2.45, 2.75) is 19.3 Å². The Morgan fingerprint density at radius 2 is 1.73 bits per heavy atom. The maximum atomic E-state index is 12.3. The number of halogens is 2. The van der Waals surface area contributed by atoms with Crippen molar-refractivity contribution in [3.63, 3.8) is 0 Å². The fraction of sp³-hybridized carbons (Fsp3) is 0.211. The number of nitrogens with one attached hydrogen (secondary N) is 1. The van der Waals surface area contributed by atoms with Crippen LogP contribution in [-0.2, 0) is 9.59 Å². The van der Waals surface area contributed by atoms with E-state index in [4.69, 9.17) is 23.2 Å². The molecule has 0 fully saturated rings. The minimum atomic E-state index is -0.275. The number of hydrogen-bond acceptors (Lipinski definition) is 3. The van der Waals surface area contributed by atoms with Crippen LogP contribution in [-0.4, -0.2) is 29.1 Å². The van der Waals surface area contributed by atoms with Crippen LogP contribution in [0.4, 0.5) is 5.69 Å². The third-order valence-electron chi connectivity index (χ3n) is 3.91. The first-order chi connectivity index (χ1) is 12.5. The monoisotopic (exact) mass is 389 g/mol. The van der Waals surface area contributed by atoms with Crippen molar-refractivity contribution in [2.24, 2.45) is 5.10 Å². The highest BCUT2D eigenvalue weighted by atomic mass is 35.5. The zero-order valence-corrected chi connectivity index (χ0v) is 15.4. The average Bonchev–Trinajstić information content (AvgIpc) is 3.10. The number of nitrogens with zero attached hydrogens (tertiary/aromatic N) is 2. The van der Waals surface area contributed by atoms with Crippen LogP contribution >= 0.6 is 23.2 Å². The van der Waals surface area contributed by atoms with Gasteiger partial charge in [0, 0.05) is 35.0 Å². The fourth-order valence-corrected chi connectivity index (χ4v) is 3.20. The molecule has 0 saturated carbocycles. The minimum absolute atomic E-state index is 0.0651. The average molecular weight is 390 g/mol. The lowest BCUT2D eigenvalue weighted by molar-refractivity contribution is -0.132. The minimum Gasteiger partial charge on any atom is -0.326 e. The van der Waals surface area contributed by atoms with E-state index in [1.807, 2.05) is 30.3 Å². The molecule has 1 aliphatic heterocycles. The molecule has 0 unspecified atom stereocenters. The molecular weight excluding hydrogens is 373 g/mol. The summed E-state index contributed by atoms with van der Waals surface area (Å²) in [6.45, 7) is 0.536. The van der Waals surface area contributed by atoms with E-state index < -0.39 is 0 Å². The van der Waals surface area contributed by atoms with Crippen molar-refractivity contribution in [3.05, 3.63) is 64.1 Å². The molecule has 0 radical (unpaired) electrons. The number of amides is 2. The van der Waals surface area contributed by atoms with E-state index in [9.17, 15) is 9.59 Å². The highest BCUT2D eigenvalue weighted by molar-refractivity contribution is 6.35. The van der Waals surface area contributed by atoms with Gasteiger partial charge in [0.25, 0.3) is 0 Å². The molecule has 0 spiro atoms. The number of benzene rings is 2. The van der Waals surface area contributed by atoms with Gasteiger partial charge in [0.1, 0.15) is 0 Å². The normalized spacial score (nSPS) is 13.5. The number of carbonyl (C=O) groups excluding carboxylic acids is 2. The summed E-state index contributed by atoms with van der Waals surface area (Å²) in [5.74, 6) is -0.446. The first kappa shape index (κ1) is 18.4. The maximum absolute atomic E-state index is 12.3. The van der Waals surface area contributed by atoms with Crippen LogP contribution < -0.4 is 5.32 Å². The van der Waals surface area contributed by atoms with Crippen LogP contribution in [0, 0.1) is 0 Å². The Morgan fingerprint density at radius 3 is 2.42 bits per heavy atom. The number of anilines is 1. The zero-order valence-electron chi connectivity index (χ0n) is 13.9. The van der Waals surface area contributed by atoms with E-state index >= 15 is 0 Å². The van der Waals surface area contributed by atoms with Crippen LogP contribution in [0.5, 0.6) is 0 Å². The molecule has 1 heterocycles. The Balaban J connectivity index is 1.52. The van der Waals surface area contributed by atoms with Gasteiger partial charge in [-0.1, -0.05) is 53.5 Å². The number of hydrazone groups is 1. The van der Waals surface area contributed by atoms with E-state index in [1.54, 1.807) is 18.2 Å². The van der Waals surface area contributed by atoms with E-state index in [-0.39, 0.29) is 24.7 Å². The lowest BCUT2D eigenvalue weighted by Crippen LogP contribution is -2.25. The molecule has 134 valence electrons. The van der Waals surface area contributed by atoms with Crippen molar-refractivity contribution in [2.75, 3.05) is 11.9 Å². The van der Waals surface area contributed by atoms with Gasteiger partial charge in [-0.3, -0.25) is 9.59 Å². The molecule has 5 nitrogen and oxygen atoms in total. The summed E-state index contributed by atoms with van der Waals surface area (Å²) in [4.78, 5) is 24.3. The van der Waals surface area contributed by atoms with Gasteiger partial charge >= 0.3 is 0 Å². The summed E-state index contributed by atoms with van der Waals surface area (Å²) in [6, 6.07) is 14.5. The number of rotatable bonds is 5. The van der Waals surface area contributed by atoms with Crippen molar-refractivity contribution in [1.82, 2.24) is 5.01 Å². The first-order valence-electron chi connectivity index (χ1n) is 8.20. The Bertz CT molecular complexity index is 833. The Kier molecular flexibility index (Phi) is 5.91. The SMILES string of the molecule is O=C(CCC(=O)N1CCC(c2ccccc2)=N1)Nc1cc(Cl)cc(Cl)c1. The molecule has 1 aliphatic rings. The number of hydrogen-bond donors (Lipinski definition) is 1. The van der Waals surface area contributed by atoms with Crippen LogP contribution in [0.2, 0.25) is 10.0 Å². The van der Waals surface area contributed by atoms with Gasteiger partial charge in [-0.2, -0.15) is 5.10 Å². The van der Waals surface area contributed by atoms with Crippen LogP contribution in [0.25, 0.3) is 0 Å². The smallest absolute Gasteiger partial charge is 0.243 e. The summed E-state index contributed by atoms with van der Waals surface area (Å²) < 4.78 is 0. The second-order valence-corrected chi connectivity index (χ2v) is 6.76. The predicted octanol–water partition coefficient (Wildman–Crippen LogP) is 4.35. The molecule has 0 saturated heterocycles. The highest BCUT2D eigenvalue weighted by Crippen LogP contribution is 2.22. The Labute approximate surface area is 161 Å². The van der Waals surface area contributed by atoms with E-state index in [0.29, 0.717) is 28.7 Å². The van der Waals surface area contributed by atoms with Crippen molar-refractivity contribution < 1.29 is 9.59 Å². The summed E-state index contributed by atoms with van der Waals surface area (Å²) >= 11 is 11.8. The predicted molar refractivity (Wildman–Crippen MR) is 104 cm³/mol. The fourth-order valence-electron chi connectivity index (χ4n) is 2.67. The summed E-state index contributed by atoms with van der Waals surface area (Å²) in [5.41, 5.74) is 2.40. The van der Waals surface area contributed by atoms with Gasteiger partial charge < -0.3 is 5.32 Å². The molecule has 0 aromatic heterocycles. The Morgan fingerprint density at radius 1 is 1.04 bits per heavy atom. The van der Waals surface area contributed by atoms with Gasteiger partial charge in [0.05, 0.1) is 12.3 Å². The third kappa shape index (κ3) is 4.84. The molecular formula is C19H17Cl2N3O2. The van der Waals surface area contributed by atoms with Crippen molar-refractivity contribution >= 4 is 46.4 Å². The van der Waals surface area contributed by atoms with E-state index in [2.05, 4.69) is 10.4 Å². The highest BCUT2D eigenvalue weighted by Gasteiger charge is 2.21. The Hall–Kier alpha value is -2.37. The largest absolute Gasteiger partial charge is 0.326 e. The first-order valence-corrected chi connectivity index (χ1v) is 8.96. The quantitative estimate of drug-likeness (QED) is 0.825. The molecule has 7 heteroatoms. The third-order valence-corrected chi connectivity index (χ3v) is 4.35. The van der Waals surface area contributed by atoms with Crippen molar-refractivity contribution in [1.29, 1.82) is 0 Å². The molecule has 0 bridgehead atoms. The lowest BCUT2D eigenvalue weighted by atomic mass is 10.1. The molecule has 3 rings (SSSR count). The van der Waals surface area contributed by atoms with Gasteiger partial charge in [0.15, 0.2) is 0 Å². The topological polar surface area (TPSA) is 61.8 Å². The van der Waals surface area contributed by atoms with Crippen molar-refractivity contribution in [3.8, 4) is 0 Å². The molecule has 26 heavy (non-hydrogen) atoms. The molecule has 2 aromatic carbocycles. The zero-order chi connectivity index (χ0) is 18.5. The molecule has 2 aromatic rings. The van der Waals surface area contributed by atoms with E-state index in [0.717, 1.165) is 11.3 Å². The number of carbonyl (C=O) groups is 2. The second kappa shape index (κ2) is 8.34. The van der Waals surface area contributed by atoms with Gasteiger partial charge in [-0.05, 0) is 23.8 Å². The van der Waals surface area contributed by atoms with Gasteiger partial charge in [-0.25, -0.2) is 5.01 Å². The van der Waals surface area contributed by atoms with Gasteiger partial charge in [0.2, 0.25) is 11.8 Å². The molecule has 0 atom stereocenters. The molecule has 2 amide bonds. The van der Waals surface area contributed by atoms with Crippen LogP contribution in [0.3, 0.4) is 0 Å². The van der Waals surface area contributed by atoms with E-state index in [1.165, 1.54) is 5.01 Å².